The molecule has 0 fully saturated rings. The summed E-state index contributed by atoms with van der Waals surface area (Å²) in [4.78, 5) is 11.7. The molecule has 0 bridgehead atoms. The van der Waals surface area contributed by atoms with Crippen molar-refractivity contribution in [2.45, 2.75) is 33.2 Å². The first-order chi connectivity index (χ1) is 6.83. The number of nitrogens with two attached hydrogens (primary N) is 1. The number of carbonyl (C=O) groups is 1. The average molecular weight is 210 g/mol. The number of aromatic amines is 1. The van der Waals surface area contributed by atoms with Crippen LogP contribution < -0.4 is 11.1 Å². The van der Waals surface area contributed by atoms with Gasteiger partial charge >= 0.3 is 0 Å². The van der Waals surface area contributed by atoms with E-state index in [1.54, 1.807) is 0 Å². The van der Waals surface area contributed by atoms with E-state index in [1.165, 1.54) is 6.07 Å². The minimum Gasteiger partial charge on any atom is -0.382 e. The summed E-state index contributed by atoms with van der Waals surface area (Å²) in [6.07, 6.45) is 0. The second-order valence-electron chi connectivity index (χ2n) is 4.54. The third kappa shape index (κ3) is 2.71. The Morgan fingerprint density at radius 1 is 1.60 bits per heavy atom. The second-order valence-corrected chi connectivity index (χ2v) is 4.54. The Balaban J connectivity index is 2.72. The summed E-state index contributed by atoms with van der Waals surface area (Å²) < 4.78 is 0. The lowest BCUT2D eigenvalue weighted by Gasteiger charge is -2.30. The number of nitrogens with one attached hydrogen (secondary N) is 2. The number of anilines is 1. The highest BCUT2D eigenvalue weighted by atomic mass is 16.2. The molecule has 1 aromatic heterocycles. The highest BCUT2D eigenvalue weighted by Crippen LogP contribution is 2.15. The Morgan fingerprint density at radius 3 is 2.60 bits per heavy atom. The van der Waals surface area contributed by atoms with Crippen LogP contribution in [0.25, 0.3) is 0 Å². The summed E-state index contributed by atoms with van der Waals surface area (Å²) in [5, 5.41) is 9.20. The fraction of sp³-hybridized carbons (Fsp3) is 0.600. The van der Waals surface area contributed by atoms with E-state index in [1.807, 2.05) is 13.8 Å². The third-order valence-corrected chi connectivity index (χ3v) is 2.72. The molecule has 5 nitrogen and oxygen atoms in total. The molecule has 0 aliphatic carbocycles. The zero-order valence-electron chi connectivity index (χ0n) is 9.59. The van der Waals surface area contributed by atoms with Crippen LogP contribution >= 0.6 is 0 Å². The van der Waals surface area contributed by atoms with Gasteiger partial charge < -0.3 is 11.1 Å². The van der Waals surface area contributed by atoms with Crippen LogP contribution in [-0.2, 0) is 0 Å². The minimum atomic E-state index is -0.253. The first-order valence-electron chi connectivity index (χ1n) is 4.96. The maximum absolute atomic E-state index is 11.7. The number of amides is 1. The van der Waals surface area contributed by atoms with Crippen LogP contribution in [0.4, 0.5) is 5.82 Å². The molecule has 0 spiro atoms. The topological polar surface area (TPSA) is 83.8 Å². The third-order valence-electron chi connectivity index (χ3n) is 2.72. The predicted molar refractivity (Wildman–Crippen MR) is 59.4 cm³/mol. The fourth-order valence-electron chi connectivity index (χ4n) is 0.958. The van der Waals surface area contributed by atoms with Crippen molar-refractivity contribution >= 4 is 11.7 Å². The first-order valence-corrected chi connectivity index (χ1v) is 4.96. The summed E-state index contributed by atoms with van der Waals surface area (Å²) >= 11 is 0. The molecule has 0 saturated carbocycles. The maximum atomic E-state index is 11.7. The van der Waals surface area contributed by atoms with Crippen LogP contribution in [0.2, 0.25) is 0 Å². The summed E-state index contributed by atoms with van der Waals surface area (Å²) in [5.41, 5.74) is 5.55. The van der Waals surface area contributed by atoms with Crippen LogP contribution in [-0.4, -0.2) is 21.6 Å². The van der Waals surface area contributed by atoms with Gasteiger partial charge in [0, 0.05) is 11.6 Å². The number of aromatic nitrogens is 2. The van der Waals surface area contributed by atoms with Crippen molar-refractivity contribution in [3.05, 3.63) is 11.8 Å². The van der Waals surface area contributed by atoms with Gasteiger partial charge in [0.1, 0.15) is 11.5 Å². The highest BCUT2D eigenvalue weighted by Gasteiger charge is 2.25. The van der Waals surface area contributed by atoms with Crippen molar-refractivity contribution in [2.75, 3.05) is 5.73 Å². The van der Waals surface area contributed by atoms with Crippen molar-refractivity contribution in [3.63, 3.8) is 0 Å². The van der Waals surface area contributed by atoms with Crippen molar-refractivity contribution in [1.29, 1.82) is 0 Å². The molecule has 0 aliphatic rings. The van der Waals surface area contributed by atoms with Gasteiger partial charge in [-0.1, -0.05) is 13.8 Å². The van der Waals surface area contributed by atoms with E-state index < -0.39 is 0 Å². The lowest BCUT2D eigenvalue weighted by molar-refractivity contribution is 0.0885. The summed E-state index contributed by atoms with van der Waals surface area (Å²) in [6.45, 7) is 8.08. The standard InChI is InChI=1S/C10H18N4O/c1-6(2)10(3,4)12-9(15)7-5-8(11)14-13-7/h5-6H,1-4H3,(H,12,15)(H3,11,13,14). The summed E-state index contributed by atoms with van der Waals surface area (Å²) in [7, 11) is 0. The number of rotatable bonds is 3. The lowest BCUT2D eigenvalue weighted by Crippen LogP contribution is -2.47. The number of H-pyrrole nitrogens is 1. The monoisotopic (exact) mass is 210 g/mol. The van der Waals surface area contributed by atoms with Gasteiger partial charge in [0.25, 0.3) is 5.91 Å². The zero-order valence-corrected chi connectivity index (χ0v) is 9.59. The minimum absolute atomic E-state index is 0.182. The Morgan fingerprint density at radius 2 is 2.20 bits per heavy atom. The molecule has 4 N–H and O–H groups in total. The Bertz CT molecular complexity index is 354. The fourth-order valence-corrected chi connectivity index (χ4v) is 0.958. The quantitative estimate of drug-likeness (QED) is 0.700. The van der Waals surface area contributed by atoms with Gasteiger partial charge in [-0.2, -0.15) is 5.10 Å². The number of nitrogen functional groups attached to an aromatic ring is 1. The molecule has 0 unspecified atom stereocenters. The molecule has 1 aromatic rings. The zero-order chi connectivity index (χ0) is 11.6. The number of hydrogen-bond donors (Lipinski definition) is 3. The van der Waals surface area contributed by atoms with Gasteiger partial charge in [-0.3, -0.25) is 9.89 Å². The van der Waals surface area contributed by atoms with Crippen LogP contribution in [0.5, 0.6) is 0 Å². The molecule has 0 atom stereocenters. The van der Waals surface area contributed by atoms with Crippen molar-refractivity contribution in [3.8, 4) is 0 Å². The predicted octanol–water partition coefficient (Wildman–Crippen LogP) is 1.16. The van der Waals surface area contributed by atoms with Gasteiger partial charge in [-0.05, 0) is 19.8 Å². The van der Waals surface area contributed by atoms with Crippen molar-refractivity contribution < 1.29 is 4.79 Å². The Kier molecular flexibility index (Phi) is 3.02. The number of carbonyl (C=O) groups excluding carboxylic acids is 1. The van der Waals surface area contributed by atoms with Crippen LogP contribution in [0.15, 0.2) is 6.07 Å². The van der Waals surface area contributed by atoms with Gasteiger partial charge in [0.15, 0.2) is 0 Å². The highest BCUT2D eigenvalue weighted by molar-refractivity contribution is 5.93. The maximum Gasteiger partial charge on any atom is 0.269 e. The smallest absolute Gasteiger partial charge is 0.269 e. The molecule has 0 aliphatic heterocycles. The Hall–Kier alpha value is -1.52. The van der Waals surface area contributed by atoms with E-state index in [-0.39, 0.29) is 11.4 Å². The number of hydrogen-bond acceptors (Lipinski definition) is 3. The van der Waals surface area contributed by atoms with E-state index in [2.05, 4.69) is 29.4 Å². The average Bonchev–Trinajstić information content (AvgIpc) is 2.50. The van der Waals surface area contributed by atoms with Gasteiger partial charge in [-0.15, -0.1) is 0 Å². The van der Waals surface area contributed by atoms with Crippen LogP contribution in [0.3, 0.4) is 0 Å². The molecule has 1 amide bonds. The summed E-state index contributed by atoms with van der Waals surface area (Å²) in [5.74, 6) is 0.488. The molecule has 84 valence electrons. The molecule has 5 heteroatoms. The largest absolute Gasteiger partial charge is 0.382 e. The first kappa shape index (κ1) is 11.6. The second kappa shape index (κ2) is 3.92. The van der Waals surface area contributed by atoms with Crippen molar-refractivity contribution in [2.24, 2.45) is 5.92 Å². The van der Waals surface area contributed by atoms with Gasteiger partial charge in [-0.25, -0.2) is 0 Å². The molecule has 1 heterocycles. The van der Waals surface area contributed by atoms with Gasteiger partial charge in [0.05, 0.1) is 0 Å². The van der Waals surface area contributed by atoms with Crippen LogP contribution in [0, 0.1) is 5.92 Å². The van der Waals surface area contributed by atoms with E-state index in [9.17, 15) is 4.79 Å². The van der Waals surface area contributed by atoms with E-state index in [0.29, 0.717) is 17.4 Å². The molecule has 0 radical (unpaired) electrons. The van der Waals surface area contributed by atoms with Crippen molar-refractivity contribution in [1.82, 2.24) is 15.5 Å². The molecular formula is C10H18N4O. The molecular weight excluding hydrogens is 192 g/mol. The molecule has 0 aromatic carbocycles. The normalized spacial score (nSPS) is 11.8. The Labute approximate surface area is 89.4 Å². The lowest BCUT2D eigenvalue weighted by atomic mass is 9.90. The SMILES string of the molecule is CC(C)C(C)(C)NC(=O)c1cc(N)n[nH]1. The number of nitrogens with zero attached hydrogens (tertiary/aromatic N) is 1. The molecule has 15 heavy (non-hydrogen) atoms. The molecule has 1 rings (SSSR count). The summed E-state index contributed by atoms with van der Waals surface area (Å²) in [6, 6.07) is 1.52. The van der Waals surface area contributed by atoms with E-state index >= 15 is 0 Å². The van der Waals surface area contributed by atoms with Gasteiger partial charge in [0.2, 0.25) is 0 Å². The molecule has 0 saturated heterocycles. The van der Waals surface area contributed by atoms with E-state index in [0.717, 1.165) is 0 Å². The van der Waals surface area contributed by atoms with Crippen LogP contribution in [0.1, 0.15) is 38.2 Å². The van der Waals surface area contributed by atoms with E-state index in [4.69, 9.17) is 5.73 Å².